The molecule has 9 heteroatoms. The van der Waals surface area contributed by atoms with E-state index in [0.717, 1.165) is 5.56 Å². The Morgan fingerprint density at radius 2 is 1.96 bits per heavy atom. The first-order valence-corrected chi connectivity index (χ1v) is 8.67. The average molecular weight is 338 g/mol. The van der Waals surface area contributed by atoms with Gasteiger partial charge in [0.25, 0.3) is 0 Å². The first kappa shape index (κ1) is 17.1. The summed E-state index contributed by atoms with van der Waals surface area (Å²) in [6.45, 7) is 2.00. The molecule has 0 fully saturated rings. The van der Waals surface area contributed by atoms with Crippen molar-refractivity contribution in [1.82, 2.24) is 14.8 Å². The quantitative estimate of drug-likeness (QED) is 0.747. The molecule has 1 heterocycles. The highest BCUT2D eigenvalue weighted by Gasteiger charge is 2.28. The van der Waals surface area contributed by atoms with Gasteiger partial charge in [-0.3, -0.25) is 4.79 Å². The number of rotatable bonds is 7. The van der Waals surface area contributed by atoms with Crippen LogP contribution in [0.25, 0.3) is 0 Å². The maximum absolute atomic E-state index is 12.1. The Bertz CT molecular complexity index is 786. The van der Waals surface area contributed by atoms with Crippen molar-refractivity contribution >= 4 is 15.8 Å². The SMILES string of the molecule is CCn1c([C@@H](N)Cc2ccccc2)nnc1S(=O)(=O)CC(=O)O. The van der Waals surface area contributed by atoms with Gasteiger partial charge >= 0.3 is 5.97 Å². The molecule has 0 unspecified atom stereocenters. The van der Waals surface area contributed by atoms with Crippen molar-refractivity contribution in [3.63, 3.8) is 0 Å². The largest absolute Gasteiger partial charge is 0.480 e. The smallest absolute Gasteiger partial charge is 0.319 e. The van der Waals surface area contributed by atoms with E-state index in [-0.39, 0.29) is 11.7 Å². The summed E-state index contributed by atoms with van der Waals surface area (Å²) in [5.74, 6) is -2.15. The summed E-state index contributed by atoms with van der Waals surface area (Å²) in [6.07, 6.45) is 0.470. The summed E-state index contributed by atoms with van der Waals surface area (Å²) < 4.78 is 25.5. The minimum absolute atomic E-state index is 0.277. The van der Waals surface area contributed by atoms with Gasteiger partial charge < -0.3 is 15.4 Å². The summed E-state index contributed by atoms with van der Waals surface area (Å²) in [4.78, 5) is 10.7. The van der Waals surface area contributed by atoms with Gasteiger partial charge in [0, 0.05) is 6.54 Å². The fraction of sp³-hybridized carbons (Fsp3) is 0.357. The lowest BCUT2D eigenvalue weighted by Crippen LogP contribution is -2.23. The van der Waals surface area contributed by atoms with Crippen molar-refractivity contribution in [1.29, 1.82) is 0 Å². The molecule has 0 saturated heterocycles. The van der Waals surface area contributed by atoms with Crippen molar-refractivity contribution in [2.75, 3.05) is 5.75 Å². The van der Waals surface area contributed by atoms with E-state index in [9.17, 15) is 13.2 Å². The third kappa shape index (κ3) is 3.93. The average Bonchev–Trinajstić information content (AvgIpc) is 2.91. The van der Waals surface area contributed by atoms with Gasteiger partial charge in [-0.2, -0.15) is 0 Å². The molecule has 0 spiro atoms. The molecular weight excluding hydrogens is 320 g/mol. The molecule has 0 aliphatic rings. The minimum atomic E-state index is -4.05. The Labute approximate surface area is 133 Å². The van der Waals surface area contributed by atoms with Crippen LogP contribution in [0.5, 0.6) is 0 Å². The molecule has 23 heavy (non-hydrogen) atoms. The lowest BCUT2D eigenvalue weighted by Gasteiger charge is -2.13. The number of benzene rings is 1. The number of hydrogen-bond acceptors (Lipinski definition) is 6. The van der Waals surface area contributed by atoms with E-state index in [4.69, 9.17) is 10.8 Å². The number of carbonyl (C=O) groups is 1. The van der Waals surface area contributed by atoms with Crippen LogP contribution < -0.4 is 5.73 Å². The number of nitrogens with two attached hydrogens (primary N) is 1. The molecule has 3 N–H and O–H groups in total. The molecule has 0 aliphatic carbocycles. The minimum Gasteiger partial charge on any atom is -0.480 e. The van der Waals surface area contributed by atoms with Gasteiger partial charge in [0.1, 0.15) is 0 Å². The highest BCUT2D eigenvalue weighted by molar-refractivity contribution is 7.91. The highest BCUT2D eigenvalue weighted by atomic mass is 32.2. The molecule has 124 valence electrons. The predicted octanol–water partition coefficient (Wildman–Crippen LogP) is 0.399. The van der Waals surface area contributed by atoms with Crippen LogP contribution in [0.4, 0.5) is 0 Å². The lowest BCUT2D eigenvalue weighted by molar-refractivity contribution is -0.134. The topological polar surface area (TPSA) is 128 Å². The second kappa shape index (κ2) is 6.88. The van der Waals surface area contributed by atoms with Crippen molar-refractivity contribution in [3.05, 3.63) is 41.7 Å². The fourth-order valence-corrected chi connectivity index (χ4v) is 3.47. The number of hydrogen-bond donors (Lipinski definition) is 2. The molecule has 2 aromatic rings. The second-order valence-electron chi connectivity index (χ2n) is 5.03. The van der Waals surface area contributed by atoms with Crippen LogP contribution in [-0.4, -0.2) is 40.0 Å². The Morgan fingerprint density at radius 1 is 1.30 bits per heavy atom. The van der Waals surface area contributed by atoms with Gasteiger partial charge in [-0.05, 0) is 18.9 Å². The molecular formula is C14H18N4O4S. The van der Waals surface area contributed by atoms with Crippen molar-refractivity contribution in [2.24, 2.45) is 5.73 Å². The Balaban J connectivity index is 2.32. The maximum Gasteiger partial charge on any atom is 0.319 e. The van der Waals surface area contributed by atoms with Crippen LogP contribution in [-0.2, 0) is 27.6 Å². The highest BCUT2D eigenvalue weighted by Crippen LogP contribution is 2.18. The van der Waals surface area contributed by atoms with Crippen LogP contribution in [0.1, 0.15) is 24.4 Å². The van der Waals surface area contributed by atoms with Gasteiger partial charge in [0.15, 0.2) is 11.6 Å². The normalized spacial score (nSPS) is 13.0. The van der Waals surface area contributed by atoms with Crippen LogP contribution >= 0.6 is 0 Å². The molecule has 0 aliphatic heterocycles. The maximum atomic E-state index is 12.1. The summed E-state index contributed by atoms with van der Waals surface area (Å²) in [5, 5.41) is 15.9. The number of sulfone groups is 1. The molecule has 2 rings (SSSR count). The van der Waals surface area contributed by atoms with E-state index in [2.05, 4.69) is 10.2 Å². The molecule has 0 saturated carbocycles. The summed E-state index contributed by atoms with van der Waals surface area (Å²) >= 11 is 0. The molecule has 0 bridgehead atoms. The fourth-order valence-electron chi connectivity index (χ4n) is 2.29. The summed E-state index contributed by atoms with van der Waals surface area (Å²) in [7, 11) is -4.05. The van der Waals surface area contributed by atoms with Crippen molar-refractivity contribution in [2.45, 2.75) is 31.1 Å². The predicted molar refractivity (Wildman–Crippen MR) is 82.5 cm³/mol. The Morgan fingerprint density at radius 3 is 2.52 bits per heavy atom. The molecule has 0 radical (unpaired) electrons. The van der Waals surface area contributed by atoms with Gasteiger partial charge in [0.2, 0.25) is 15.0 Å². The van der Waals surface area contributed by atoms with Gasteiger partial charge in [-0.15, -0.1) is 10.2 Å². The van der Waals surface area contributed by atoms with Crippen LogP contribution in [0.3, 0.4) is 0 Å². The van der Waals surface area contributed by atoms with E-state index in [0.29, 0.717) is 12.2 Å². The van der Waals surface area contributed by atoms with Crippen LogP contribution in [0, 0.1) is 0 Å². The van der Waals surface area contributed by atoms with E-state index >= 15 is 0 Å². The third-order valence-corrected chi connectivity index (χ3v) is 4.77. The Kier molecular flexibility index (Phi) is 5.12. The second-order valence-corrected chi connectivity index (χ2v) is 6.92. The molecule has 8 nitrogen and oxygen atoms in total. The third-order valence-electron chi connectivity index (χ3n) is 3.28. The van der Waals surface area contributed by atoms with E-state index in [1.807, 2.05) is 30.3 Å². The number of aliphatic carboxylic acids is 1. The first-order valence-electron chi connectivity index (χ1n) is 7.02. The van der Waals surface area contributed by atoms with E-state index in [1.165, 1.54) is 4.57 Å². The number of carboxylic acid groups (broad SMARTS) is 1. The van der Waals surface area contributed by atoms with E-state index in [1.54, 1.807) is 6.92 Å². The van der Waals surface area contributed by atoms with Gasteiger partial charge in [0.05, 0.1) is 6.04 Å². The standard InChI is InChI=1S/C14H18N4O4S/c1-2-18-13(11(15)8-10-6-4-3-5-7-10)16-17-14(18)23(21,22)9-12(19)20/h3-7,11H,2,8-9,15H2,1H3,(H,19,20)/t11-/m0/s1. The van der Waals surface area contributed by atoms with E-state index < -0.39 is 27.6 Å². The number of carboxylic acids is 1. The van der Waals surface area contributed by atoms with Gasteiger partial charge in [-0.1, -0.05) is 30.3 Å². The first-order chi connectivity index (χ1) is 10.8. The number of aromatic nitrogens is 3. The van der Waals surface area contributed by atoms with Gasteiger partial charge in [-0.25, -0.2) is 8.42 Å². The monoisotopic (exact) mass is 338 g/mol. The molecule has 1 aromatic heterocycles. The lowest BCUT2D eigenvalue weighted by atomic mass is 10.1. The molecule has 0 amide bonds. The number of nitrogens with zero attached hydrogens (tertiary/aromatic N) is 3. The Hall–Kier alpha value is -2.26. The molecule has 1 aromatic carbocycles. The zero-order chi connectivity index (χ0) is 17.0. The van der Waals surface area contributed by atoms with Crippen molar-refractivity contribution in [3.8, 4) is 0 Å². The van der Waals surface area contributed by atoms with Crippen LogP contribution in [0.15, 0.2) is 35.5 Å². The summed E-state index contributed by atoms with van der Waals surface area (Å²) in [6, 6.07) is 8.94. The zero-order valence-corrected chi connectivity index (χ0v) is 13.4. The zero-order valence-electron chi connectivity index (χ0n) is 12.6. The van der Waals surface area contributed by atoms with Crippen LogP contribution in [0.2, 0.25) is 0 Å². The summed E-state index contributed by atoms with van der Waals surface area (Å²) in [5.41, 5.74) is 7.11. The molecule has 1 atom stereocenters. The van der Waals surface area contributed by atoms with Crippen molar-refractivity contribution < 1.29 is 18.3 Å².